The van der Waals surface area contributed by atoms with Gasteiger partial charge in [0.1, 0.15) is 11.6 Å². The molecule has 0 amide bonds. The topological polar surface area (TPSA) is 17.8 Å². The fourth-order valence-electron chi connectivity index (χ4n) is 2.23. The molecular formula is C15H11BrClFN2. The molecule has 2 nitrogen and oxygen atoms in total. The summed E-state index contributed by atoms with van der Waals surface area (Å²) in [5.41, 5.74) is 2.37. The molecule has 1 heterocycles. The van der Waals surface area contributed by atoms with Gasteiger partial charge in [0.2, 0.25) is 0 Å². The minimum absolute atomic E-state index is 0.280. The Hall–Kier alpha value is -1.39. The molecule has 0 aliphatic heterocycles. The van der Waals surface area contributed by atoms with Crippen molar-refractivity contribution in [2.24, 2.45) is 0 Å². The molecular weight excluding hydrogens is 343 g/mol. The van der Waals surface area contributed by atoms with Gasteiger partial charge in [-0.1, -0.05) is 12.1 Å². The van der Waals surface area contributed by atoms with Crippen molar-refractivity contribution in [1.29, 1.82) is 0 Å². The molecule has 0 spiro atoms. The Labute approximate surface area is 129 Å². The summed E-state index contributed by atoms with van der Waals surface area (Å²) in [4.78, 5) is 4.46. The Morgan fingerprint density at radius 3 is 2.70 bits per heavy atom. The molecule has 3 rings (SSSR count). The third-order valence-corrected chi connectivity index (χ3v) is 3.96. The lowest BCUT2D eigenvalue weighted by Gasteiger charge is -2.12. The number of benzene rings is 2. The van der Waals surface area contributed by atoms with Crippen LogP contribution < -0.4 is 0 Å². The lowest BCUT2D eigenvalue weighted by atomic mass is 10.2. The van der Waals surface area contributed by atoms with E-state index < -0.39 is 0 Å². The van der Waals surface area contributed by atoms with Crippen LogP contribution >= 0.6 is 27.5 Å². The fourth-order valence-corrected chi connectivity index (χ4v) is 2.83. The Balaban J connectivity index is 2.38. The van der Waals surface area contributed by atoms with Crippen LogP contribution in [0.4, 0.5) is 4.39 Å². The molecule has 1 unspecified atom stereocenters. The molecule has 0 radical (unpaired) electrons. The van der Waals surface area contributed by atoms with Crippen molar-refractivity contribution in [3.05, 3.63) is 58.6 Å². The van der Waals surface area contributed by atoms with Crippen molar-refractivity contribution < 1.29 is 4.39 Å². The van der Waals surface area contributed by atoms with E-state index in [0.29, 0.717) is 11.3 Å². The van der Waals surface area contributed by atoms with E-state index in [-0.39, 0.29) is 11.2 Å². The first kappa shape index (κ1) is 13.6. The molecule has 0 N–H and O–H groups in total. The van der Waals surface area contributed by atoms with Crippen molar-refractivity contribution >= 4 is 38.6 Å². The summed E-state index contributed by atoms with van der Waals surface area (Å²) in [6, 6.07) is 12.4. The Morgan fingerprint density at radius 1 is 1.25 bits per heavy atom. The van der Waals surface area contributed by atoms with Crippen molar-refractivity contribution in [3.63, 3.8) is 0 Å². The monoisotopic (exact) mass is 352 g/mol. The molecule has 2 aromatic carbocycles. The van der Waals surface area contributed by atoms with E-state index in [9.17, 15) is 4.39 Å². The van der Waals surface area contributed by atoms with Gasteiger partial charge in [-0.25, -0.2) is 9.37 Å². The van der Waals surface area contributed by atoms with Crippen molar-refractivity contribution in [1.82, 2.24) is 9.55 Å². The number of fused-ring (bicyclic) bond motifs is 1. The molecule has 20 heavy (non-hydrogen) atoms. The van der Waals surface area contributed by atoms with Gasteiger partial charge in [0.25, 0.3) is 0 Å². The number of nitrogens with zero attached hydrogens (tertiary/aromatic N) is 2. The first-order valence-corrected chi connectivity index (χ1v) is 7.38. The summed E-state index contributed by atoms with van der Waals surface area (Å²) in [6.45, 7) is 1.85. The van der Waals surface area contributed by atoms with Crippen molar-refractivity contribution in [3.8, 4) is 5.69 Å². The minimum Gasteiger partial charge on any atom is -0.294 e. The van der Waals surface area contributed by atoms with Crippen LogP contribution in [0.3, 0.4) is 0 Å². The van der Waals surface area contributed by atoms with Gasteiger partial charge in [0.05, 0.1) is 22.1 Å². The second-order valence-electron chi connectivity index (χ2n) is 4.51. The summed E-state index contributed by atoms with van der Waals surface area (Å²) >= 11 is 9.76. The van der Waals surface area contributed by atoms with Crippen LogP contribution in [0, 0.1) is 5.82 Å². The number of rotatable bonds is 2. The molecule has 0 fully saturated rings. The Bertz CT molecular complexity index is 783. The smallest absolute Gasteiger partial charge is 0.132 e. The Kier molecular flexibility index (Phi) is 3.52. The highest BCUT2D eigenvalue weighted by Gasteiger charge is 2.17. The largest absolute Gasteiger partial charge is 0.294 e. The second kappa shape index (κ2) is 5.19. The van der Waals surface area contributed by atoms with Crippen LogP contribution in [-0.4, -0.2) is 9.55 Å². The average molecular weight is 354 g/mol. The fraction of sp³-hybridized carbons (Fsp3) is 0.133. The molecule has 0 saturated carbocycles. The van der Waals surface area contributed by atoms with Gasteiger partial charge in [-0.3, -0.25) is 4.57 Å². The maximum Gasteiger partial charge on any atom is 0.132 e. The van der Waals surface area contributed by atoms with E-state index in [2.05, 4.69) is 20.9 Å². The second-order valence-corrected chi connectivity index (χ2v) is 6.01. The molecule has 5 heteroatoms. The predicted molar refractivity (Wildman–Crippen MR) is 83.0 cm³/mol. The van der Waals surface area contributed by atoms with E-state index in [0.717, 1.165) is 15.7 Å². The van der Waals surface area contributed by atoms with Crippen molar-refractivity contribution in [2.45, 2.75) is 12.3 Å². The van der Waals surface area contributed by atoms with E-state index in [1.54, 1.807) is 6.07 Å². The van der Waals surface area contributed by atoms with Gasteiger partial charge in [-0.2, -0.15) is 0 Å². The number of aromatic nitrogens is 2. The quantitative estimate of drug-likeness (QED) is 0.577. The first-order valence-electron chi connectivity index (χ1n) is 6.15. The number of hydrogen-bond acceptors (Lipinski definition) is 1. The molecule has 1 aromatic heterocycles. The number of halogens is 3. The van der Waals surface area contributed by atoms with E-state index in [4.69, 9.17) is 11.6 Å². The maximum atomic E-state index is 13.4. The zero-order valence-electron chi connectivity index (χ0n) is 10.6. The zero-order chi connectivity index (χ0) is 14.3. The number of hydrogen-bond donors (Lipinski definition) is 0. The summed E-state index contributed by atoms with van der Waals surface area (Å²) in [5, 5.41) is -0.280. The van der Waals surface area contributed by atoms with E-state index >= 15 is 0 Å². The zero-order valence-corrected chi connectivity index (χ0v) is 13.0. The first-order chi connectivity index (χ1) is 9.58. The standard InChI is InChI=1S/C15H11BrClFN2/c1-9(17)15-19-12-8-10(18)6-7-14(12)20(15)13-5-3-2-4-11(13)16/h2-9H,1H3. The minimum atomic E-state index is -0.303. The SMILES string of the molecule is CC(Cl)c1nc2cc(F)ccc2n1-c1ccccc1Br. The van der Waals surface area contributed by atoms with E-state index in [1.165, 1.54) is 12.1 Å². The Morgan fingerprint density at radius 2 is 2.00 bits per heavy atom. The van der Waals surface area contributed by atoms with E-state index in [1.807, 2.05) is 35.8 Å². The third kappa shape index (κ3) is 2.23. The van der Waals surface area contributed by atoms with Crippen LogP contribution in [0.2, 0.25) is 0 Å². The van der Waals surface area contributed by atoms with Gasteiger partial charge < -0.3 is 0 Å². The summed E-state index contributed by atoms with van der Waals surface area (Å²) in [5.74, 6) is 0.391. The van der Waals surface area contributed by atoms with Crippen LogP contribution in [0.15, 0.2) is 46.9 Å². The molecule has 3 aromatic rings. The summed E-state index contributed by atoms with van der Waals surface area (Å²) < 4.78 is 16.3. The van der Waals surface area contributed by atoms with Crippen LogP contribution in [0.25, 0.3) is 16.7 Å². The average Bonchev–Trinajstić information content (AvgIpc) is 2.78. The van der Waals surface area contributed by atoms with Gasteiger partial charge in [0, 0.05) is 10.5 Å². The summed E-state index contributed by atoms with van der Waals surface area (Å²) in [7, 11) is 0. The highest BCUT2D eigenvalue weighted by Crippen LogP contribution is 2.31. The number of para-hydroxylation sites is 1. The van der Waals surface area contributed by atoms with Gasteiger partial charge in [-0.15, -0.1) is 11.6 Å². The maximum absolute atomic E-state index is 13.4. The lowest BCUT2D eigenvalue weighted by Crippen LogP contribution is -2.02. The third-order valence-electron chi connectivity index (χ3n) is 3.09. The van der Waals surface area contributed by atoms with Crippen LogP contribution in [0.1, 0.15) is 18.1 Å². The molecule has 0 bridgehead atoms. The van der Waals surface area contributed by atoms with Crippen LogP contribution in [-0.2, 0) is 0 Å². The molecule has 102 valence electrons. The van der Waals surface area contributed by atoms with Gasteiger partial charge in [0.15, 0.2) is 0 Å². The summed E-state index contributed by atoms with van der Waals surface area (Å²) in [6.07, 6.45) is 0. The lowest BCUT2D eigenvalue weighted by molar-refractivity contribution is 0.629. The molecule has 0 aliphatic rings. The molecule has 1 atom stereocenters. The molecule has 0 saturated heterocycles. The predicted octanol–water partition coefficient (Wildman–Crippen LogP) is 5.23. The van der Waals surface area contributed by atoms with Crippen LogP contribution in [0.5, 0.6) is 0 Å². The number of alkyl halides is 1. The van der Waals surface area contributed by atoms with Gasteiger partial charge in [-0.05, 0) is 47.1 Å². The normalized spacial score (nSPS) is 12.8. The van der Waals surface area contributed by atoms with Crippen molar-refractivity contribution in [2.75, 3.05) is 0 Å². The highest BCUT2D eigenvalue weighted by atomic mass is 79.9. The molecule has 0 aliphatic carbocycles. The van der Waals surface area contributed by atoms with Gasteiger partial charge >= 0.3 is 0 Å². The highest BCUT2D eigenvalue weighted by molar-refractivity contribution is 9.10. The number of imidazole rings is 1.